The predicted molar refractivity (Wildman–Crippen MR) is 78.5 cm³/mol. The summed E-state index contributed by atoms with van der Waals surface area (Å²) in [5, 5.41) is 14.8. The third-order valence-electron chi connectivity index (χ3n) is 3.31. The zero-order valence-corrected chi connectivity index (χ0v) is 12.0. The van der Waals surface area contributed by atoms with Gasteiger partial charge >= 0.3 is 0 Å². The van der Waals surface area contributed by atoms with Crippen molar-refractivity contribution in [3.8, 4) is 0 Å². The molecule has 1 rings (SSSR count). The average Bonchev–Trinajstić information content (AvgIpc) is 2.43. The number of carbonyl (C=O) groups excluding carboxylic acids is 1. The molecule has 106 valence electrons. The lowest BCUT2D eigenvalue weighted by atomic mass is 10.0. The van der Waals surface area contributed by atoms with E-state index in [0.717, 1.165) is 24.2 Å². The minimum absolute atomic E-state index is 0.0449. The molecule has 19 heavy (non-hydrogen) atoms. The van der Waals surface area contributed by atoms with E-state index in [0.29, 0.717) is 11.5 Å². The molecule has 4 heteroatoms. The van der Waals surface area contributed by atoms with Gasteiger partial charge in [0.25, 0.3) is 5.91 Å². The Labute approximate surface area is 115 Å². The molecule has 1 unspecified atom stereocenters. The van der Waals surface area contributed by atoms with E-state index in [-0.39, 0.29) is 19.1 Å². The molecular formula is C15H24N2O2. The summed E-state index contributed by atoms with van der Waals surface area (Å²) >= 11 is 0. The summed E-state index contributed by atoms with van der Waals surface area (Å²) < 4.78 is 0. The van der Waals surface area contributed by atoms with Crippen LogP contribution in [-0.4, -0.2) is 30.7 Å². The Balaban J connectivity index is 2.77. The molecule has 0 heterocycles. The Morgan fingerprint density at radius 2 is 2.16 bits per heavy atom. The van der Waals surface area contributed by atoms with Crippen LogP contribution in [0.2, 0.25) is 0 Å². The van der Waals surface area contributed by atoms with Crippen molar-refractivity contribution in [1.29, 1.82) is 0 Å². The lowest BCUT2D eigenvalue weighted by Crippen LogP contribution is -2.27. The molecule has 1 aromatic carbocycles. The molecule has 0 aromatic heterocycles. The number of hydrogen-bond acceptors (Lipinski definition) is 3. The first kappa shape index (κ1) is 15.5. The first-order chi connectivity index (χ1) is 9.10. The molecule has 0 bridgehead atoms. The molecule has 4 nitrogen and oxygen atoms in total. The molecule has 0 spiro atoms. The highest BCUT2D eigenvalue weighted by atomic mass is 16.3. The van der Waals surface area contributed by atoms with Gasteiger partial charge in [-0.2, -0.15) is 0 Å². The van der Waals surface area contributed by atoms with Crippen molar-refractivity contribution in [2.24, 2.45) is 5.92 Å². The summed E-state index contributed by atoms with van der Waals surface area (Å²) in [5.41, 5.74) is 2.60. The summed E-state index contributed by atoms with van der Waals surface area (Å²) in [5.74, 6) is 0.463. The van der Waals surface area contributed by atoms with E-state index in [2.05, 4.69) is 24.5 Å². The van der Waals surface area contributed by atoms with Crippen LogP contribution in [0.1, 0.15) is 36.2 Å². The second kappa shape index (κ2) is 7.79. The van der Waals surface area contributed by atoms with Gasteiger partial charge in [-0.25, -0.2) is 0 Å². The highest BCUT2D eigenvalue weighted by molar-refractivity contribution is 5.97. The fraction of sp³-hybridized carbons (Fsp3) is 0.533. The number of benzene rings is 1. The fourth-order valence-electron chi connectivity index (χ4n) is 1.77. The third-order valence-corrected chi connectivity index (χ3v) is 3.31. The van der Waals surface area contributed by atoms with Gasteiger partial charge in [-0.15, -0.1) is 0 Å². The van der Waals surface area contributed by atoms with E-state index in [1.807, 2.05) is 19.1 Å². The zero-order chi connectivity index (χ0) is 14.3. The maximum absolute atomic E-state index is 11.9. The van der Waals surface area contributed by atoms with Gasteiger partial charge in [0.15, 0.2) is 0 Å². The Kier molecular flexibility index (Phi) is 6.36. The van der Waals surface area contributed by atoms with E-state index in [1.165, 1.54) is 0 Å². The molecule has 0 saturated heterocycles. The highest BCUT2D eigenvalue weighted by Crippen LogP contribution is 2.19. The topological polar surface area (TPSA) is 61.4 Å². The summed E-state index contributed by atoms with van der Waals surface area (Å²) in [4.78, 5) is 11.9. The zero-order valence-electron chi connectivity index (χ0n) is 12.0. The number of nitrogens with one attached hydrogen (secondary N) is 2. The molecule has 1 aromatic rings. The molecule has 1 atom stereocenters. The van der Waals surface area contributed by atoms with Crippen LogP contribution in [0, 0.1) is 12.8 Å². The lowest BCUT2D eigenvalue weighted by Gasteiger charge is -2.15. The van der Waals surface area contributed by atoms with E-state index < -0.39 is 0 Å². The Hall–Kier alpha value is -1.55. The molecule has 0 aliphatic carbocycles. The smallest absolute Gasteiger partial charge is 0.251 e. The maximum atomic E-state index is 11.9. The largest absolute Gasteiger partial charge is 0.395 e. The van der Waals surface area contributed by atoms with Crippen LogP contribution in [0.4, 0.5) is 5.69 Å². The highest BCUT2D eigenvalue weighted by Gasteiger charge is 2.11. The number of aliphatic hydroxyl groups is 1. The van der Waals surface area contributed by atoms with Crippen LogP contribution in [-0.2, 0) is 0 Å². The molecule has 0 saturated carbocycles. The van der Waals surface area contributed by atoms with Crippen molar-refractivity contribution < 1.29 is 9.90 Å². The lowest BCUT2D eigenvalue weighted by molar-refractivity contribution is 0.0944. The van der Waals surface area contributed by atoms with Gasteiger partial charge in [0.1, 0.15) is 0 Å². The summed E-state index contributed by atoms with van der Waals surface area (Å²) in [7, 11) is 0. The van der Waals surface area contributed by atoms with Gasteiger partial charge in [-0.1, -0.05) is 26.3 Å². The molecule has 0 radical (unpaired) electrons. The number of hydrogen-bond donors (Lipinski definition) is 3. The molecule has 1 amide bonds. The van der Waals surface area contributed by atoms with E-state index in [1.54, 1.807) is 6.07 Å². The molecule has 0 fully saturated rings. The summed E-state index contributed by atoms with van der Waals surface area (Å²) in [6.07, 6.45) is 1.13. The van der Waals surface area contributed by atoms with Gasteiger partial charge in [-0.05, 0) is 30.5 Å². The molecule has 0 aliphatic rings. The second-order valence-corrected chi connectivity index (χ2v) is 4.85. The summed E-state index contributed by atoms with van der Waals surface area (Å²) in [6.45, 7) is 7.43. The normalized spacial score (nSPS) is 12.0. The van der Waals surface area contributed by atoms with Gasteiger partial charge in [0.05, 0.1) is 6.61 Å². The van der Waals surface area contributed by atoms with Gasteiger partial charge in [0, 0.05) is 24.3 Å². The Morgan fingerprint density at radius 3 is 2.79 bits per heavy atom. The van der Waals surface area contributed by atoms with Crippen molar-refractivity contribution in [2.75, 3.05) is 25.0 Å². The first-order valence-corrected chi connectivity index (χ1v) is 6.82. The van der Waals surface area contributed by atoms with Crippen molar-refractivity contribution in [2.45, 2.75) is 27.2 Å². The number of aliphatic hydroxyl groups excluding tert-OH is 1. The minimum Gasteiger partial charge on any atom is -0.395 e. The second-order valence-electron chi connectivity index (χ2n) is 4.85. The van der Waals surface area contributed by atoms with Crippen LogP contribution in [0.15, 0.2) is 18.2 Å². The number of anilines is 1. The fourth-order valence-corrected chi connectivity index (χ4v) is 1.77. The maximum Gasteiger partial charge on any atom is 0.251 e. The molecule has 0 aliphatic heterocycles. The van der Waals surface area contributed by atoms with Crippen LogP contribution >= 0.6 is 0 Å². The van der Waals surface area contributed by atoms with Crippen LogP contribution in [0.5, 0.6) is 0 Å². The van der Waals surface area contributed by atoms with Crippen molar-refractivity contribution in [1.82, 2.24) is 5.32 Å². The van der Waals surface area contributed by atoms with E-state index >= 15 is 0 Å². The van der Waals surface area contributed by atoms with Crippen molar-refractivity contribution in [3.05, 3.63) is 29.3 Å². The first-order valence-electron chi connectivity index (χ1n) is 6.82. The van der Waals surface area contributed by atoms with E-state index in [9.17, 15) is 4.79 Å². The van der Waals surface area contributed by atoms with Gasteiger partial charge in [0.2, 0.25) is 0 Å². The van der Waals surface area contributed by atoms with Crippen molar-refractivity contribution in [3.63, 3.8) is 0 Å². The van der Waals surface area contributed by atoms with Crippen LogP contribution in [0.25, 0.3) is 0 Å². The van der Waals surface area contributed by atoms with Crippen LogP contribution < -0.4 is 10.6 Å². The van der Waals surface area contributed by atoms with Crippen LogP contribution in [0.3, 0.4) is 0 Å². The average molecular weight is 264 g/mol. The number of rotatable bonds is 7. The van der Waals surface area contributed by atoms with Crippen molar-refractivity contribution >= 4 is 11.6 Å². The third kappa shape index (κ3) is 4.56. The standard InChI is InChI=1S/C15H24N2O2/c1-4-11(2)10-17-14-7-5-6-13(12(14)3)15(19)16-8-9-18/h5-7,11,17-18H,4,8-10H2,1-3H3,(H,16,19). The predicted octanol–water partition coefficient (Wildman–Crippen LogP) is 2.18. The monoisotopic (exact) mass is 264 g/mol. The van der Waals surface area contributed by atoms with Gasteiger partial charge in [-0.3, -0.25) is 4.79 Å². The molecule has 3 N–H and O–H groups in total. The minimum atomic E-state index is -0.140. The SMILES string of the molecule is CCC(C)CNc1cccc(C(=O)NCCO)c1C. The quantitative estimate of drug-likeness (QED) is 0.707. The van der Waals surface area contributed by atoms with Gasteiger partial charge < -0.3 is 15.7 Å². The Morgan fingerprint density at radius 1 is 1.42 bits per heavy atom. The Bertz CT molecular complexity index is 419. The van der Waals surface area contributed by atoms with E-state index in [4.69, 9.17) is 5.11 Å². The summed E-state index contributed by atoms with van der Waals surface area (Å²) in [6, 6.07) is 5.66. The number of amides is 1. The number of carbonyl (C=O) groups is 1. The molecular weight excluding hydrogens is 240 g/mol.